The summed E-state index contributed by atoms with van der Waals surface area (Å²) in [5.74, 6) is -1.34. The molecule has 1 heterocycles. The molecule has 0 aliphatic carbocycles. The minimum absolute atomic E-state index is 0.0501. The molecule has 0 aliphatic rings. The van der Waals surface area contributed by atoms with Gasteiger partial charge in [0.1, 0.15) is 0 Å². The summed E-state index contributed by atoms with van der Waals surface area (Å²) < 4.78 is 41.9. The minimum Gasteiger partial charge on any atom is -0.326 e. The topological polar surface area (TPSA) is 76.0 Å². The van der Waals surface area contributed by atoms with Crippen LogP contribution in [-0.2, 0) is 11.0 Å². The van der Waals surface area contributed by atoms with Gasteiger partial charge in [0.25, 0.3) is 5.91 Å². The molecule has 0 fully saturated rings. The second-order valence-electron chi connectivity index (χ2n) is 6.48. The number of hydrogen-bond donors (Lipinski definition) is 2. The van der Waals surface area contributed by atoms with Crippen LogP contribution in [0, 0.1) is 6.92 Å². The molecule has 0 saturated carbocycles. The molecule has 6 nitrogen and oxygen atoms in total. The predicted octanol–water partition coefficient (Wildman–Crippen LogP) is 5.06. The predicted molar refractivity (Wildman–Crippen MR) is 107 cm³/mol. The standard InChI is InChI=1S/C20H16ClF3N4O2/c1-11-3-6-14(7-4-11)28-18(20(22,23)24)15(10-25-28)19(30)27-17-8-5-13(9-16(17)21)26-12(2)29/h3-10H,1-2H3,(H,26,29)(H,27,30). The molecule has 10 heteroatoms. The zero-order chi connectivity index (χ0) is 22.1. The molecular weight excluding hydrogens is 421 g/mol. The Morgan fingerprint density at radius 1 is 1.07 bits per heavy atom. The molecule has 2 amide bonds. The number of nitrogens with one attached hydrogen (secondary N) is 2. The normalized spacial score (nSPS) is 11.3. The van der Waals surface area contributed by atoms with E-state index in [1.54, 1.807) is 19.1 Å². The van der Waals surface area contributed by atoms with E-state index >= 15 is 0 Å². The van der Waals surface area contributed by atoms with Crippen LogP contribution in [0.1, 0.15) is 28.5 Å². The van der Waals surface area contributed by atoms with Crippen LogP contribution in [0.25, 0.3) is 5.69 Å². The van der Waals surface area contributed by atoms with E-state index < -0.39 is 23.3 Å². The molecule has 1 aromatic heterocycles. The van der Waals surface area contributed by atoms with Crippen LogP contribution in [0.3, 0.4) is 0 Å². The van der Waals surface area contributed by atoms with Crippen LogP contribution in [-0.4, -0.2) is 21.6 Å². The average Bonchev–Trinajstić information content (AvgIpc) is 3.10. The number of nitrogens with zero attached hydrogens (tertiary/aromatic N) is 2. The fourth-order valence-corrected chi connectivity index (χ4v) is 2.98. The third-order valence-corrected chi connectivity index (χ3v) is 4.41. The summed E-state index contributed by atoms with van der Waals surface area (Å²) in [7, 11) is 0. The summed E-state index contributed by atoms with van der Waals surface area (Å²) in [6.07, 6.45) is -3.97. The molecule has 2 aromatic carbocycles. The van der Waals surface area contributed by atoms with Crippen LogP contribution >= 0.6 is 11.6 Å². The molecule has 0 atom stereocenters. The van der Waals surface area contributed by atoms with Crippen molar-refractivity contribution in [1.82, 2.24) is 9.78 Å². The van der Waals surface area contributed by atoms with E-state index in [2.05, 4.69) is 15.7 Å². The maximum Gasteiger partial charge on any atom is 0.434 e. The first-order valence-corrected chi connectivity index (χ1v) is 9.05. The van der Waals surface area contributed by atoms with Gasteiger partial charge in [0.15, 0.2) is 5.69 Å². The van der Waals surface area contributed by atoms with Gasteiger partial charge in [-0.1, -0.05) is 29.3 Å². The first-order valence-electron chi connectivity index (χ1n) is 8.67. The molecule has 2 N–H and O–H groups in total. The number of hydrogen-bond acceptors (Lipinski definition) is 3. The van der Waals surface area contributed by atoms with Crippen LogP contribution in [0.2, 0.25) is 5.02 Å². The number of carbonyl (C=O) groups is 2. The van der Waals surface area contributed by atoms with E-state index in [9.17, 15) is 22.8 Å². The van der Waals surface area contributed by atoms with Crippen LogP contribution in [0.15, 0.2) is 48.7 Å². The molecule has 156 valence electrons. The smallest absolute Gasteiger partial charge is 0.326 e. The fraction of sp³-hybridized carbons (Fsp3) is 0.150. The molecule has 0 unspecified atom stereocenters. The summed E-state index contributed by atoms with van der Waals surface area (Å²) in [5.41, 5.74) is -0.333. The first-order chi connectivity index (χ1) is 14.1. The highest BCUT2D eigenvalue weighted by Crippen LogP contribution is 2.34. The van der Waals surface area contributed by atoms with Gasteiger partial charge in [-0.3, -0.25) is 9.59 Å². The van der Waals surface area contributed by atoms with Gasteiger partial charge in [0.05, 0.1) is 28.2 Å². The maximum atomic E-state index is 13.8. The number of amides is 2. The number of rotatable bonds is 4. The van der Waals surface area contributed by atoms with Gasteiger partial charge in [0, 0.05) is 12.6 Å². The SMILES string of the molecule is CC(=O)Nc1ccc(NC(=O)c2cnn(-c3ccc(C)cc3)c2C(F)(F)F)c(Cl)c1. The molecule has 3 aromatic rings. The highest BCUT2D eigenvalue weighted by molar-refractivity contribution is 6.34. The summed E-state index contributed by atoms with van der Waals surface area (Å²) >= 11 is 6.08. The van der Waals surface area contributed by atoms with Gasteiger partial charge in [-0.25, -0.2) is 4.68 Å². The third kappa shape index (κ3) is 4.62. The van der Waals surface area contributed by atoms with Crippen molar-refractivity contribution >= 4 is 34.8 Å². The van der Waals surface area contributed by atoms with E-state index in [1.165, 1.54) is 37.3 Å². The number of benzene rings is 2. The second-order valence-corrected chi connectivity index (χ2v) is 6.89. The zero-order valence-electron chi connectivity index (χ0n) is 15.8. The number of aromatic nitrogens is 2. The Morgan fingerprint density at radius 2 is 1.73 bits per heavy atom. The molecule has 0 radical (unpaired) electrons. The number of anilines is 2. The number of carbonyl (C=O) groups excluding carboxylic acids is 2. The Bertz CT molecular complexity index is 1110. The lowest BCUT2D eigenvalue weighted by Crippen LogP contribution is -2.21. The number of aryl methyl sites for hydroxylation is 1. The molecular formula is C20H16ClF3N4O2. The maximum absolute atomic E-state index is 13.8. The van der Waals surface area contributed by atoms with Gasteiger partial charge < -0.3 is 10.6 Å². The largest absolute Gasteiger partial charge is 0.434 e. The van der Waals surface area contributed by atoms with E-state index in [-0.39, 0.29) is 22.3 Å². The van der Waals surface area contributed by atoms with Crippen molar-refractivity contribution in [2.75, 3.05) is 10.6 Å². The van der Waals surface area contributed by atoms with E-state index in [4.69, 9.17) is 11.6 Å². The van der Waals surface area contributed by atoms with Crippen LogP contribution < -0.4 is 10.6 Å². The number of alkyl halides is 3. The Hall–Kier alpha value is -3.33. The van der Waals surface area contributed by atoms with Crippen LogP contribution in [0.5, 0.6) is 0 Å². The lowest BCUT2D eigenvalue weighted by Gasteiger charge is -2.13. The van der Waals surface area contributed by atoms with E-state index in [1.807, 2.05) is 0 Å². The van der Waals surface area contributed by atoms with Gasteiger partial charge in [-0.2, -0.15) is 18.3 Å². The van der Waals surface area contributed by atoms with Crippen molar-refractivity contribution in [3.05, 3.63) is 70.5 Å². The molecule has 0 spiro atoms. The Balaban J connectivity index is 1.95. The van der Waals surface area contributed by atoms with Gasteiger partial charge in [0.2, 0.25) is 5.91 Å². The van der Waals surface area contributed by atoms with E-state index in [0.717, 1.165) is 11.8 Å². The minimum atomic E-state index is -4.83. The monoisotopic (exact) mass is 436 g/mol. The Morgan fingerprint density at radius 3 is 2.30 bits per heavy atom. The lowest BCUT2D eigenvalue weighted by atomic mass is 10.2. The number of halogens is 4. The van der Waals surface area contributed by atoms with Gasteiger partial charge in [-0.05, 0) is 37.3 Å². The van der Waals surface area contributed by atoms with Crippen molar-refractivity contribution in [3.8, 4) is 5.69 Å². The third-order valence-electron chi connectivity index (χ3n) is 4.10. The Labute approximate surface area is 174 Å². The van der Waals surface area contributed by atoms with Crippen molar-refractivity contribution in [2.45, 2.75) is 20.0 Å². The van der Waals surface area contributed by atoms with Crippen molar-refractivity contribution in [3.63, 3.8) is 0 Å². The second kappa shape index (κ2) is 8.19. The zero-order valence-corrected chi connectivity index (χ0v) is 16.6. The lowest BCUT2D eigenvalue weighted by molar-refractivity contribution is -0.143. The van der Waals surface area contributed by atoms with Crippen molar-refractivity contribution in [2.24, 2.45) is 0 Å². The summed E-state index contributed by atoms with van der Waals surface area (Å²) in [5, 5.41) is 8.69. The fourth-order valence-electron chi connectivity index (χ4n) is 2.76. The Kier molecular flexibility index (Phi) is 5.84. The van der Waals surface area contributed by atoms with Crippen LogP contribution in [0.4, 0.5) is 24.5 Å². The van der Waals surface area contributed by atoms with Gasteiger partial charge >= 0.3 is 6.18 Å². The molecule has 0 saturated heterocycles. The average molecular weight is 437 g/mol. The summed E-state index contributed by atoms with van der Waals surface area (Å²) in [4.78, 5) is 23.7. The molecule has 0 aliphatic heterocycles. The summed E-state index contributed by atoms with van der Waals surface area (Å²) in [6.45, 7) is 3.12. The first kappa shape index (κ1) is 21.4. The van der Waals surface area contributed by atoms with Gasteiger partial charge in [-0.15, -0.1) is 0 Å². The molecule has 30 heavy (non-hydrogen) atoms. The van der Waals surface area contributed by atoms with Crippen molar-refractivity contribution in [1.29, 1.82) is 0 Å². The quantitative estimate of drug-likeness (QED) is 0.600. The highest BCUT2D eigenvalue weighted by atomic mass is 35.5. The molecule has 0 bridgehead atoms. The highest BCUT2D eigenvalue weighted by Gasteiger charge is 2.40. The molecule has 3 rings (SSSR count). The van der Waals surface area contributed by atoms with E-state index in [0.29, 0.717) is 10.4 Å². The summed E-state index contributed by atoms with van der Waals surface area (Å²) in [6, 6.07) is 10.5. The van der Waals surface area contributed by atoms with Crippen molar-refractivity contribution < 1.29 is 22.8 Å².